The molecule has 0 radical (unpaired) electrons. The van der Waals surface area contributed by atoms with Gasteiger partial charge in [0.2, 0.25) is 0 Å². The quantitative estimate of drug-likeness (QED) is 0.897. The highest BCUT2D eigenvalue weighted by atomic mass is 35.5. The number of aromatic nitrogens is 2. The molecular formula is C14H15Cl2N3. The molecule has 2 rings (SSSR count). The van der Waals surface area contributed by atoms with Crippen LogP contribution in [0.25, 0.3) is 11.3 Å². The van der Waals surface area contributed by atoms with Gasteiger partial charge < -0.3 is 5.32 Å². The van der Waals surface area contributed by atoms with Gasteiger partial charge in [-0.2, -0.15) is 0 Å². The van der Waals surface area contributed by atoms with E-state index < -0.39 is 0 Å². The molecule has 100 valence electrons. The van der Waals surface area contributed by atoms with Gasteiger partial charge in [0, 0.05) is 17.7 Å². The van der Waals surface area contributed by atoms with Crippen molar-refractivity contribution in [3.63, 3.8) is 0 Å². The fraction of sp³-hybridized carbons (Fsp3) is 0.286. The summed E-state index contributed by atoms with van der Waals surface area (Å²) in [6.45, 7) is 5.00. The SMILES string of the molecule is CCCNc1ncnc(-c2ccc(Cl)c(Cl)c2)c1C. The molecule has 0 aliphatic heterocycles. The third-order valence-corrected chi connectivity index (χ3v) is 3.56. The van der Waals surface area contributed by atoms with E-state index in [-0.39, 0.29) is 0 Å². The minimum Gasteiger partial charge on any atom is -0.370 e. The zero-order valence-corrected chi connectivity index (χ0v) is 12.4. The minimum atomic E-state index is 0.528. The summed E-state index contributed by atoms with van der Waals surface area (Å²) in [6.07, 6.45) is 2.61. The number of hydrogen-bond acceptors (Lipinski definition) is 3. The lowest BCUT2D eigenvalue weighted by Crippen LogP contribution is -2.05. The Hall–Kier alpha value is -1.32. The van der Waals surface area contributed by atoms with Crippen molar-refractivity contribution in [2.24, 2.45) is 0 Å². The smallest absolute Gasteiger partial charge is 0.132 e. The van der Waals surface area contributed by atoms with Crippen LogP contribution in [0.2, 0.25) is 10.0 Å². The van der Waals surface area contributed by atoms with Crippen LogP contribution < -0.4 is 5.32 Å². The number of nitrogens with one attached hydrogen (secondary N) is 1. The lowest BCUT2D eigenvalue weighted by Gasteiger charge is -2.11. The van der Waals surface area contributed by atoms with Gasteiger partial charge >= 0.3 is 0 Å². The summed E-state index contributed by atoms with van der Waals surface area (Å²) in [6, 6.07) is 5.51. The highest BCUT2D eigenvalue weighted by Crippen LogP contribution is 2.30. The molecule has 1 heterocycles. The van der Waals surface area contributed by atoms with Gasteiger partial charge in [-0.15, -0.1) is 0 Å². The topological polar surface area (TPSA) is 37.8 Å². The summed E-state index contributed by atoms with van der Waals surface area (Å²) in [5, 5.41) is 4.36. The summed E-state index contributed by atoms with van der Waals surface area (Å²) in [7, 11) is 0. The van der Waals surface area contributed by atoms with E-state index in [0.717, 1.165) is 35.6 Å². The van der Waals surface area contributed by atoms with Gasteiger partial charge in [-0.05, 0) is 25.5 Å². The zero-order valence-electron chi connectivity index (χ0n) is 10.9. The van der Waals surface area contributed by atoms with Crippen LogP contribution >= 0.6 is 23.2 Å². The van der Waals surface area contributed by atoms with Gasteiger partial charge in [0.1, 0.15) is 12.1 Å². The third kappa shape index (κ3) is 3.17. The second-order valence-electron chi connectivity index (χ2n) is 4.25. The van der Waals surface area contributed by atoms with Crippen LogP contribution in [-0.4, -0.2) is 16.5 Å². The van der Waals surface area contributed by atoms with Crippen molar-refractivity contribution in [3.05, 3.63) is 40.1 Å². The largest absolute Gasteiger partial charge is 0.370 e. The van der Waals surface area contributed by atoms with Crippen LogP contribution in [0.4, 0.5) is 5.82 Å². The summed E-state index contributed by atoms with van der Waals surface area (Å²) >= 11 is 12.0. The Labute approximate surface area is 123 Å². The molecular weight excluding hydrogens is 281 g/mol. The molecule has 1 aromatic heterocycles. The number of halogens is 2. The first-order valence-corrected chi connectivity index (χ1v) is 6.90. The minimum absolute atomic E-state index is 0.528. The molecule has 0 amide bonds. The zero-order chi connectivity index (χ0) is 13.8. The summed E-state index contributed by atoms with van der Waals surface area (Å²) in [4.78, 5) is 8.60. The van der Waals surface area contributed by atoms with Gasteiger partial charge in [0.25, 0.3) is 0 Å². The van der Waals surface area contributed by atoms with Gasteiger partial charge in [0.15, 0.2) is 0 Å². The second kappa shape index (κ2) is 6.22. The molecule has 0 saturated heterocycles. The molecule has 0 aliphatic rings. The van der Waals surface area contributed by atoms with E-state index >= 15 is 0 Å². The molecule has 0 unspecified atom stereocenters. The van der Waals surface area contributed by atoms with Crippen molar-refractivity contribution >= 4 is 29.0 Å². The van der Waals surface area contributed by atoms with Gasteiger partial charge in [-0.1, -0.05) is 36.2 Å². The van der Waals surface area contributed by atoms with E-state index in [0.29, 0.717) is 10.0 Å². The Morgan fingerprint density at radius 1 is 1.16 bits per heavy atom. The van der Waals surface area contributed by atoms with E-state index in [9.17, 15) is 0 Å². The van der Waals surface area contributed by atoms with E-state index in [1.807, 2.05) is 19.1 Å². The van der Waals surface area contributed by atoms with E-state index in [1.165, 1.54) is 0 Å². The molecule has 1 aromatic carbocycles. The maximum atomic E-state index is 6.05. The Kier molecular flexibility index (Phi) is 4.61. The monoisotopic (exact) mass is 295 g/mol. The van der Waals surface area contributed by atoms with Crippen molar-refractivity contribution in [3.8, 4) is 11.3 Å². The lowest BCUT2D eigenvalue weighted by molar-refractivity contribution is 0.960. The molecule has 0 atom stereocenters. The molecule has 1 N–H and O–H groups in total. The van der Waals surface area contributed by atoms with Gasteiger partial charge in [0.05, 0.1) is 15.7 Å². The molecule has 5 heteroatoms. The maximum absolute atomic E-state index is 6.05. The van der Waals surface area contributed by atoms with Crippen LogP contribution in [0.3, 0.4) is 0 Å². The van der Waals surface area contributed by atoms with Crippen LogP contribution in [-0.2, 0) is 0 Å². The van der Waals surface area contributed by atoms with E-state index in [1.54, 1.807) is 12.4 Å². The Morgan fingerprint density at radius 2 is 1.95 bits per heavy atom. The average Bonchev–Trinajstić information content (AvgIpc) is 2.41. The van der Waals surface area contributed by atoms with Crippen molar-refractivity contribution in [1.29, 1.82) is 0 Å². The predicted molar refractivity (Wildman–Crippen MR) is 81.0 cm³/mol. The summed E-state index contributed by atoms with van der Waals surface area (Å²) in [5.74, 6) is 0.859. The molecule has 0 bridgehead atoms. The normalized spacial score (nSPS) is 10.5. The summed E-state index contributed by atoms with van der Waals surface area (Å²) < 4.78 is 0. The van der Waals surface area contributed by atoms with Gasteiger partial charge in [-0.3, -0.25) is 0 Å². The molecule has 0 spiro atoms. The number of hydrogen-bond donors (Lipinski definition) is 1. The Bertz CT molecular complexity index is 585. The third-order valence-electron chi connectivity index (χ3n) is 2.82. The number of rotatable bonds is 4. The molecule has 3 nitrogen and oxygen atoms in total. The Balaban J connectivity index is 2.41. The highest BCUT2D eigenvalue weighted by molar-refractivity contribution is 6.42. The van der Waals surface area contributed by atoms with Crippen molar-refractivity contribution in [2.75, 3.05) is 11.9 Å². The van der Waals surface area contributed by atoms with Crippen LogP contribution in [0.1, 0.15) is 18.9 Å². The van der Waals surface area contributed by atoms with Crippen molar-refractivity contribution in [1.82, 2.24) is 9.97 Å². The van der Waals surface area contributed by atoms with Crippen molar-refractivity contribution < 1.29 is 0 Å². The molecule has 0 saturated carbocycles. The summed E-state index contributed by atoms with van der Waals surface area (Å²) in [5.41, 5.74) is 2.82. The molecule has 0 aliphatic carbocycles. The first kappa shape index (κ1) is 14.1. The number of anilines is 1. The van der Waals surface area contributed by atoms with Gasteiger partial charge in [-0.25, -0.2) is 9.97 Å². The Morgan fingerprint density at radius 3 is 2.63 bits per heavy atom. The van der Waals surface area contributed by atoms with Crippen molar-refractivity contribution in [2.45, 2.75) is 20.3 Å². The second-order valence-corrected chi connectivity index (χ2v) is 5.07. The van der Waals surface area contributed by atoms with Crippen LogP contribution in [0.15, 0.2) is 24.5 Å². The van der Waals surface area contributed by atoms with Crippen LogP contribution in [0.5, 0.6) is 0 Å². The standard InChI is InChI=1S/C14H15Cl2N3/c1-3-6-17-14-9(2)13(18-8-19-14)10-4-5-11(15)12(16)7-10/h4-5,7-8H,3,6H2,1-2H3,(H,17,18,19). The molecule has 2 aromatic rings. The number of benzene rings is 1. The lowest BCUT2D eigenvalue weighted by atomic mass is 10.1. The van der Waals surface area contributed by atoms with Crippen LogP contribution in [0, 0.1) is 6.92 Å². The fourth-order valence-electron chi connectivity index (χ4n) is 1.81. The fourth-order valence-corrected chi connectivity index (χ4v) is 2.10. The number of nitrogens with zero attached hydrogens (tertiary/aromatic N) is 2. The average molecular weight is 296 g/mol. The first-order valence-electron chi connectivity index (χ1n) is 6.14. The molecule has 0 fully saturated rings. The van der Waals surface area contributed by atoms with E-state index in [2.05, 4.69) is 22.2 Å². The first-order chi connectivity index (χ1) is 9.13. The highest BCUT2D eigenvalue weighted by Gasteiger charge is 2.10. The maximum Gasteiger partial charge on any atom is 0.132 e. The molecule has 19 heavy (non-hydrogen) atoms. The van der Waals surface area contributed by atoms with E-state index in [4.69, 9.17) is 23.2 Å². The predicted octanol–water partition coefficient (Wildman–Crippen LogP) is 4.58.